The summed E-state index contributed by atoms with van der Waals surface area (Å²) in [7, 11) is 0. The van der Waals surface area contributed by atoms with Crippen LogP contribution in [0.2, 0.25) is 0 Å². The molecular formula is C21H19F3N4O3. The summed E-state index contributed by atoms with van der Waals surface area (Å²) >= 11 is 0. The van der Waals surface area contributed by atoms with Gasteiger partial charge in [-0.2, -0.15) is 18.3 Å². The molecule has 2 aliphatic rings. The fourth-order valence-electron chi connectivity index (χ4n) is 3.93. The van der Waals surface area contributed by atoms with Gasteiger partial charge in [0.25, 0.3) is 5.91 Å². The lowest BCUT2D eigenvalue weighted by Gasteiger charge is -2.26. The minimum atomic E-state index is -4.68. The van der Waals surface area contributed by atoms with E-state index in [0.717, 1.165) is 25.3 Å². The van der Waals surface area contributed by atoms with E-state index < -0.39 is 11.9 Å². The van der Waals surface area contributed by atoms with Crippen LogP contribution in [0.15, 0.2) is 30.5 Å². The molecule has 1 aromatic carbocycles. The molecule has 5 rings (SSSR count). The van der Waals surface area contributed by atoms with E-state index in [9.17, 15) is 18.0 Å². The van der Waals surface area contributed by atoms with Gasteiger partial charge in [-0.15, -0.1) is 0 Å². The zero-order chi connectivity index (χ0) is 21.6. The molecule has 2 aliphatic heterocycles. The first-order chi connectivity index (χ1) is 14.9. The fraction of sp³-hybridized carbons (Fsp3) is 0.381. The van der Waals surface area contributed by atoms with Gasteiger partial charge in [0.05, 0.1) is 11.9 Å². The van der Waals surface area contributed by atoms with Gasteiger partial charge in [-0.3, -0.25) is 4.79 Å². The molecule has 162 valence electrons. The van der Waals surface area contributed by atoms with Gasteiger partial charge in [0.15, 0.2) is 22.8 Å². The maximum atomic E-state index is 13.8. The molecule has 3 aromatic rings. The van der Waals surface area contributed by atoms with Gasteiger partial charge >= 0.3 is 6.18 Å². The average molecular weight is 432 g/mol. The Balaban J connectivity index is 1.64. The molecule has 0 radical (unpaired) electrons. The second-order valence-corrected chi connectivity index (χ2v) is 7.53. The highest BCUT2D eigenvalue weighted by Crippen LogP contribution is 2.37. The molecule has 7 nitrogen and oxygen atoms in total. The third-order valence-electron chi connectivity index (χ3n) is 5.47. The number of piperidine rings is 1. The number of hydrogen-bond donors (Lipinski definition) is 0. The number of benzene rings is 1. The van der Waals surface area contributed by atoms with Crippen LogP contribution in [0.1, 0.15) is 35.3 Å². The quantitative estimate of drug-likeness (QED) is 0.616. The van der Waals surface area contributed by atoms with Crippen molar-refractivity contribution in [2.75, 3.05) is 26.3 Å². The maximum Gasteiger partial charge on any atom is 0.433 e. The number of halogens is 3. The molecule has 31 heavy (non-hydrogen) atoms. The predicted octanol–water partition coefficient (Wildman–Crippen LogP) is 3.81. The summed E-state index contributed by atoms with van der Waals surface area (Å²) < 4.78 is 53.2. The summed E-state index contributed by atoms with van der Waals surface area (Å²) in [5.74, 6) is 0.615. The van der Waals surface area contributed by atoms with Crippen LogP contribution in [-0.2, 0) is 6.18 Å². The second kappa shape index (κ2) is 7.44. The van der Waals surface area contributed by atoms with Gasteiger partial charge < -0.3 is 14.4 Å². The number of carbonyl (C=O) groups is 1. The lowest BCUT2D eigenvalue weighted by atomic mass is 10.1. The summed E-state index contributed by atoms with van der Waals surface area (Å²) in [5, 5.41) is 3.85. The molecule has 0 N–H and O–H groups in total. The number of carbonyl (C=O) groups excluding carboxylic acids is 1. The third kappa shape index (κ3) is 3.55. The third-order valence-corrected chi connectivity index (χ3v) is 5.47. The Morgan fingerprint density at radius 3 is 2.48 bits per heavy atom. The molecule has 0 atom stereocenters. The smallest absolute Gasteiger partial charge is 0.433 e. The minimum absolute atomic E-state index is 0.0618. The van der Waals surface area contributed by atoms with Gasteiger partial charge in [0.1, 0.15) is 18.8 Å². The van der Waals surface area contributed by atoms with E-state index in [-0.39, 0.29) is 22.8 Å². The molecule has 2 aromatic heterocycles. The number of rotatable bonds is 2. The minimum Gasteiger partial charge on any atom is -0.486 e. The van der Waals surface area contributed by atoms with Crippen LogP contribution < -0.4 is 9.47 Å². The fourth-order valence-corrected chi connectivity index (χ4v) is 3.93. The van der Waals surface area contributed by atoms with Crippen LogP contribution in [0.5, 0.6) is 11.5 Å². The van der Waals surface area contributed by atoms with Crippen molar-refractivity contribution in [3.8, 4) is 22.8 Å². The molecule has 10 heteroatoms. The van der Waals surface area contributed by atoms with E-state index in [0.29, 0.717) is 47.9 Å². The largest absolute Gasteiger partial charge is 0.486 e. The number of nitrogens with zero attached hydrogens (tertiary/aromatic N) is 4. The summed E-state index contributed by atoms with van der Waals surface area (Å²) in [6.45, 7) is 1.91. The zero-order valence-corrected chi connectivity index (χ0v) is 16.5. The summed E-state index contributed by atoms with van der Waals surface area (Å²) in [5.41, 5.74) is -0.554. The first-order valence-electron chi connectivity index (χ1n) is 10.1. The Morgan fingerprint density at radius 2 is 1.74 bits per heavy atom. The molecule has 0 aliphatic carbocycles. The second-order valence-electron chi connectivity index (χ2n) is 7.53. The summed E-state index contributed by atoms with van der Waals surface area (Å²) in [4.78, 5) is 19.0. The molecule has 4 heterocycles. The molecule has 0 unspecified atom stereocenters. The van der Waals surface area contributed by atoms with E-state index in [1.54, 1.807) is 23.1 Å². The van der Waals surface area contributed by atoms with E-state index in [2.05, 4.69) is 10.1 Å². The Labute approximate surface area is 175 Å². The Hall–Kier alpha value is -3.30. The van der Waals surface area contributed by atoms with Gasteiger partial charge in [-0.05, 0) is 43.5 Å². The molecule has 0 spiro atoms. The van der Waals surface area contributed by atoms with Crippen molar-refractivity contribution in [2.45, 2.75) is 25.4 Å². The van der Waals surface area contributed by atoms with Gasteiger partial charge in [0, 0.05) is 18.7 Å². The molecule has 1 fully saturated rings. The number of hydrogen-bond acceptors (Lipinski definition) is 5. The van der Waals surface area contributed by atoms with Crippen molar-refractivity contribution in [1.29, 1.82) is 0 Å². The van der Waals surface area contributed by atoms with Gasteiger partial charge in [0.2, 0.25) is 0 Å². The first-order valence-corrected chi connectivity index (χ1v) is 10.1. The number of aromatic nitrogens is 3. The normalized spacial score (nSPS) is 16.5. The van der Waals surface area contributed by atoms with Crippen LogP contribution in [0.4, 0.5) is 13.2 Å². The molecule has 0 bridgehead atoms. The Bertz CT molecular complexity index is 1150. The van der Waals surface area contributed by atoms with E-state index in [1.165, 1.54) is 6.20 Å². The highest BCUT2D eigenvalue weighted by Gasteiger charge is 2.36. The van der Waals surface area contributed by atoms with Crippen molar-refractivity contribution in [2.24, 2.45) is 0 Å². The van der Waals surface area contributed by atoms with Crippen LogP contribution in [0.3, 0.4) is 0 Å². The van der Waals surface area contributed by atoms with Crippen LogP contribution in [0.25, 0.3) is 16.9 Å². The van der Waals surface area contributed by atoms with E-state index in [4.69, 9.17) is 9.47 Å². The van der Waals surface area contributed by atoms with Crippen molar-refractivity contribution in [3.05, 3.63) is 41.7 Å². The van der Waals surface area contributed by atoms with Gasteiger partial charge in [-0.1, -0.05) is 0 Å². The number of amides is 1. The van der Waals surface area contributed by atoms with Crippen LogP contribution >= 0.6 is 0 Å². The summed E-state index contributed by atoms with van der Waals surface area (Å²) in [6, 6.07) is 5.78. The van der Waals surface area contributed by atoms with Gasteiger partial charge in [-0.25, -0.2) is 9.50 Å². The highest BCUT2D eigenvalue weighted by atomic mass is 19.4. The summed E-state index contributed by atoms with van der Waals surface area (Å²) in [6.07, 6.45) is -0.740. The molecule has 1 saturated heterocycles. The average Bonchev–Trinajstić information content (AvgIpc) is 3.21. The first kappa shape index (κ1) is 19.7. The van der Waals surface area contributed by atoms with Crippen LogP contribution in [0, 0.1) is 0 Å². The Kier molecular flexibility index (Phi) is 4.71. The Morgan fingerprint density at radius 1 is 1.00 bits per heavy atom. The number of likely N-dealkylation sites (tertiary alicyclic amines) is 1. The van der Waals surface area contributed by atoms with E-state index in [1.807, 2.05) is 0 Å². The van der Waals surface area contributed by atoms with Crippen molar-refractivity contribution in [1.82, 2.24) is 19.5 Å². The van der Waals surface area contributed by atoms with Crippen molar-refractivity contribution in [3.63, 3.8) is 0 Å². The SMILES string of the molecule is O=C(c1cnn2c(C(F)(F)F)cc(-c3ccc4c(c3)OCCO4)nc12)N1CCCCC1. The standard InChI is InChI=1S/C21H19F3N4O3/c22-21(23,24)18-11-15(13-4-5-16-17(10-13)31-9-8-30-16)26-19-14(12-25-28(18)19)20(29)27-6-2-1-3-7-27/h4-5,10-12H,1-3,6-9H2. The molecule has 0 saturated carbocycles. The lowest BCUT2D eigenvalue weighted by Crippen LogP contribution is -2.35. The van der Waals surface area contributed by atoms with Crippen molar-refractivity contribution >= 4 is 11.6 Å². The maximum absolute atomic E-state index is 13.8. The molecule has 1 amide bonds. The number of alkyl halides is 3. The van der Waals surface area contributed by atoms with Crippen molar-refractivity contribution < 1.29 is 27.4 Å². The zero-order valence-electron chi connectivity index (χ0n) is 16.5. The predicted molar refractivity (Wildman–Crippen MR) is 104 cm³/mol. The monoisotopic (exact) mass is 432 g/mol. The molecular weight excluding hydrogens is 413 g/mol. The van der Waals surface area contributed by atoms with Crippen LogP contribution in [-0.4, -0.2) is 51.7 Å². The number of ether oxygens (including phenoxy) is 2. The highest BCUT2D eigenvalue weighted by molar-refractivity contribution is 6.00. The number of fused-ring (bicyclic) bond motifs is 2. The topological polar surface area (TPSA) is 69.0 Å². The lowest BCUT2D eigenvalue weighted by molar-refractivity contribution is -0.142. The van der Waals surface area contributed by atoms with E-state index >= 15 is 0 Å².